The first-order valence-corrected chi connectivity index (χ1v) is 11.4. The Hall–Kier alpha value is -2.75. The lowest BCUT2D eigenvalue weighted by Crippen LogP contribution is -2.26. The monoisotopic (exact) mass is 427 g/mol. The smallest absolute Gasteiger partial charge is 0.229 e. The van der Waals surface area contributed by atoms with Crippen molar-refractivity contribution < 1.29 is 8.42 Å². The largest absolute Gasteiger partial charge is 0.338 e. The lowest BCUT2D eigenvalue weighted by Gasteiger charge is -2.29. The molecule has 1 atom stereocenters. The Kier molecular flexibility index (Phi) is 5.74. The van der Waals surface area contributed by atoms with E-state index in [0.717, 1.165) is 29.1 Å². The molecule has 0 bridgehead atoms. The summed E-state index contributed by atoms with van der Waals surface area (Å²) in [5.74, 6) is 0. The number of nitriles is 1. The minimum atomic E-state index is -3.39. The van der Waals surface area contributed by atoms with Gasteiger partial charge in [0, 0.05) is 16.6 Å². The van der Waals surface area contributed by atoms with E-state index in [2.05, 4.69) is 29.2 Å². The molecule has 1 unspecified atom stereocenters. The normalized spacial score (nSPS) is 14.4. The quantitative estimate of drug-likeness (QED) is 0.535. The number of nitrogens with one attached hydrogen (secondary N) is 1. The van der Waals surface area contributed by atoms with Gasteiger partial charge in [0.2, 0.25) is 10.0 Å². The van der Waals surface area contributed by atoms with E-state index in [0.29, 0.717) is 16.3 Å². The Bertz CT molecular complexity index is 1220. The van der Waals surface area contributed by atoms with E-state index in [1.807, 2.05) is 42.6 Å². The summed E-state index contributed by atoms with van der Waals surface area (Å²) in [4.78, 5) is 0. The second-order valence-electron chi connectivity index (χ2n) is 7.19. The number of fused-ring (bicyclic) bond motifs is 1. The van der Waals surface area contributed by atoms with E-state index in [9.17, 15) is 13.7 Å². The lowest BCUT2D eigenvalue weighted by atomic mass is 9.92. The van der Waals surface area contributed by atoms with E-state index in [4.69, 9.17) is 11.6 Å². The fraction of sp³-hybridized carbons (Fsp3) is 0.227. The summed E-state index contributed by atoms with van der Waals surface area (Å²) in [6.45, 7) is 4.11. The molecule has 0 radical (unpaired) electrons. The molecule has 3 aromatic rings. The maximum atomic E-state index is 11.7. The fourth-order valence-electron chi connectivity index (χ4n) is 3.36. The number of halogens is 1. The van der Waals surface area contributed by atoms with Crippen molar-refractivity contribution in [2.45, 2.75) is 25.8 Å². The molecule has 0 saturated carbocycles. The highest BCUT2D eigenvalue weighted by Gasteiger charge is 2.25. The molecule has 3 rings (SSSR count). The van der Waals surface area contributed by atoms with E-state index >= 15 is 0 Å². The molecule has 1 aromatic heterocycles. The molecular weight excluding hydrogens is 406 g/mol. The van der Waals surface area contributed by atoms with E-state index in [1.54, 1.807) is 18.2 Å². The second-order valence-corrected chi connectivity index (χ2v) is 9.37. The van der Waals surface area contributed by atoms with Crippen molar-refractivity contribution in [1.29, 1.82) is 5.26 Å². The van der Waals surface area contributed by atoms with Gasteiger partial charge in [-0.05, 0) is 55.3 Å². The predicted octanol–water partition coefficient (Wildman–Crippen LogP) is 5.40. The minimum Gasteiger partial charge on any atom is -0.338 e. The van der Waals surface area contributed by atoms with Crippen LogP contribution in [0.15, 0.2) is 60.8 Å². The number of rotatable bonds is 6. The molecule has 0 amide bonds. The number of nitrogens with zero attached hydrogens (tertiary/aromatic N) is 2. The van der Waals surface area contributed by atoms with Crippen LogP contribution in [-0.2, 0) is 15.6 Å². The highest BCUT2D eigenvalue weighted by atomic mass is 35.5. The van der Waals surface area contributed by atoms with Crippen molar-refractivity contribution in [3.63, 3.8) is 0 Å². The molecule has 1 heterocycles. The summed E-state index contributed by atoms with van der Waals surface area (Å²) in [6, 6.07) is 16.9. The second kappa shape index (κ2) is 7.94. The first-order valence-electron chi connectivity index (χ1n) is 9.14. The number of anilines is 1. The average Bonchev–Trinajstić information content (AvgIpc) is 3.11. The third kappa shape index (κ3) is 4.47. The first-order chi connectivity index (χ1) is 13.7. The van der Waals surface area contributed by atoms with Crippen LogP contribution in [0.2, 0.25) is 5.02 Å². The number of hydrogen-bond acceptors (Lipinski definition) is 3. The summed E-state index contributed by atoms with van der Waals surface area (Å²) < 4.78 is 28.0. The SMILES string of the molecule is CCC(C)(/C=C(\C#N)c1ccc(Cl)cc1)n1ccc2c(NS(C)(=O)=O)cccc21. The van der Waals surface area contributed by atoms with Crippen molar-refractivity contribution in [3.05, 3.63) is 71.4 Å². The van der Waals surface area contributed by atoms with Crippen LogP contribution in [0.1, 0.15) is 25.8 Å². The van der Waals surface area contributed by atoms with Gasteiger partial charge in [-0.15, -0.1) is 0 Å². The zero-order valence-electron chi connectivity index (χ0n) is 16.5. The van der Waals surface area contributed by atoms with Gasteiger partial charge in [-0.3, -0.25) is 4.72 Å². The number of benzene rings is 2. The molecule has 7 heteroatoms. The van der Waals surface area contributed by atoms with Gasteiger partial charge < -0.3 is 4.57 Å². The Morgan fingerprint density at radius 1 is 1.24 bits per heavy atom. The zero-order valence-corrected chi connectivity index (χ0v) is 18.1. The molecule has 0 aliphatic heterocycles. The summed E-state index contributed by atoms with van der Waals surface area (Å²) in [6.07, 6.45) is 5.74. The van der Waals surface area contributed by atoms with Crippen molar-refractivity contribution in [1.82, 2.24) is 4.57 Å². The highest BCUT2D eigenvalue weighted by molar-refractivity contribution is 7.92. The van der Waals surface area contributed by atoms with Crippen molar-refractivity contribution in [2.24, 2.45) is 0 Å². The van der Waals surface area contributed by atoms with E-state index in [-0.39, 0.29) is 0 Å². The summed E-state index contributed by atoms with van der Waals surface area (Å²) >= 11 is 5.97. The summed E-state index contributed by atoms with van der Waals surface area (Å²) in [5.41, 5.74) is 2.28. The van der Waals surface area contributed by atoms with Gasteiger partial charge in [-0.2, -0.15) is 5.26 Å². The van der Waals surface area contributed by atoms with Crippen LogP contribution in [0.5, 0.6) is 0 Å². The standard InChI is InChI=1S/C22H22ClN3O2S/c1-4-22(2,14-17(15-24)16-8-10-18(23)11-9-16)26-13-12-19-20(25-29(3,27)28)6-5-7-21(19)26/h5-14,25H,4H2,1-3H3/b17-14+. The van der Waals surface area contributed by atoms with E-state index in [1.165, 1.54) is 0 Å². The summed E-state index contributed by atoms with van der Waals surface area (Å²) in [7, 11) is -3.39. The topological polar surface area (TPSA) is 74.9 Å². The lowest BCUT2D eigenvalue weighted by molar-refractivity contribution is 0.409. The third-order valence-corrected chi connectivity index (χ3v) is 5.87. The van der Waals surface area contributed by atoms with Gasteiger partial charge in [0.15, 0.2) is 0 Å². The Morgan fingerprint density at radius 2 is 1.93 bits per heavy atom. The molecule has 0 aliphatic rings. The maximum Gasteiger partial charge on any atom is 0.229 e. The number of hydrogen-bond donors (Lipinski definition) is 1. The molecule has 0 fully saturated rings. The number of sulfonamides is 1. The van der Waals surface area contributed by atoms with Crippen LogP contribution in [0, 0.1) is 11.3 Å². The van der Waals surface area contributed by atoms with Crippen molar-refractivity contribution in [2.75, 3.05) is 11.0 Å². The van der Waals surface area contributed by atoms with Crippen LogP contribution < -0.4 is 4.72 Å². The Morgan fingerprint density at radius 3 is 2.52 bits per heavy atom. The number of aromatic nitrogens is 1. The van der Waals surface area contributed by atoms with Gasteiger partial charge in [0.1, 0.15) is 0 Å². The van der Waals surface area contributed by atoms with Crippen LogP contribution in [0.4, 0.5) is 5.69 Å². The number of allylic oxidation sites excluding steroid dienone is 2. The van der Waals surface area contributed by atoms with Gasteiger partial charge in [0.05, 0.1) is 34.6 Å². The minimum absolute atomic E-state index is 0.490. The Labute approximate surface area is 176 Å². The molecule has 0 aliphatic carbocycles. The Balaban J connectivity index is 2.13. The van der Waals surface area contributed by atoms with Gasteiger partial charge >= 0.3 is 0 Å². The van der Waals surface area contributed by atoms with Crippen molar-refractivity contribution in [3.8, 4) is 6.07 Å². The van der Waals surface area contributed by atoms with Crippen LogP contribution in [0.25, 0.3) is 16.5 Å². The first kappa shape index (κ1) is 21.0. The average molecular weight is 428 g/mol. The van der Waals surface area contributed by atoms with E-state index < -0.39 is 15.6 Å². The molecule has 0 saturated heterocycles. The van der Waals surface area contributed by atoms with Crippen LogP contribution in [-0.4, -0.2) is 19.2 Å². The molecule has 150 valence electrons. The van der Waals surface area contributed by atoms with Gasteiger partial charge in [0.25, 0.3) is 0 Å². The fourth-order valence-corrected chi connectivity index (χ4v) is 4.07. The van der Waals surface area contributed by atoms with Gasteiger partial charge in [-0.25, -0.2) is 8.42 Å². The molecule has 29 heavy (non-hydrogen) atoms. The highest BCUT2D eigenvalue weighted by Crippen LogP contribution is 2.34. The van der Waals surface area contributed by atoms with Gasteiger partial charge in [-0.1, -0.05) is 36.7 Å². The zero-order chi connectivity index (χ0) is 21.2. The molecule has 2 aromatic carbocycles. The van der Waals surface area contributed by atoms with Crippen LogP contribution >= 0.6 is 11.6 Å². The maximum absolute atomic E-state index is 11.7. The predicted molar refractivity (Wildman–Crippen MR) is 119 cm³/mol. The molecule has 0 spiro atoms. The third-order valence-electron chi connectivity index (χ3n) is 5.03. The van der Waals surface area contributed by atoms with Crippen molar-refractivity contribution >= 4 is 43.8 Å². The molecular formula is C22H22ClN3O2S. The summed E-state index contributed by atoms with van der Waals surface area (Å²) in [5, 5.41) is 11.2. The molecule has 1 N–H and O–H groups in total. The van der Waals surface area contributed by atoms with Crippen LogP contribution in [0.3, 0.4) is 0 Å². The molecule has 5 nitrogen and oxygen atoms in total.